The summed E-state index contributed by atoms with van der Waals surface area (Å²) in [4.78, 5) is 16.9. The SMILES string of the molecule is CCC(CC)CN(CC)c1nc(N)nc(N(C)C)n1. The molecule has 108 valence electrons. The Morgan fingerprint density at radius 1 is 1.00 bits per heavy atom. The number of rotatable bonds is 7. The van der Waals surface area contributed by atoms with Gasteiger partial charge in [-0.1, -0.05) is 26.7 Å². The molecule has 0 fully saturated rings. The lowest BCUT2D eigenvalue weighted by Crippen LogP contribution is -2.31. The summed E-state index contributed by atoms with van der Waals surface area (Å²) in [5, 5.41) is 0. The molecule has 6 heteroatoms. The fourth-order valence-corrected chi connectivity index (χ4v) is 1.92. The number of aromatic nitrogens is 3. The summed E-state index contributed by atoms with van der Waals surface area (Å²) < 4.78 is 0. The first-order valence-electron chi connectivity index (χ1n) is 6.95. The van der Waals surface area contributed by atoms with Crippen LogP contribution < -0.4 is 15.5 Å². The molecular weight excluding hydrogens is 240 g/mol. The van der Waals surface area contributed by atoms with Gasteiger partial charge in [0.1, 0.15) is 0 Å². The quantitative estimate of drug-likeness (QED) is 0.811. The van der Waals surface area contributed by atoms with Gasteiger partial charge in [-0.25, -0.2) is 0 Å². The van der Waals surface area contributed by atoms with E-state index in [1.165, 1.54) is 0 Å². The molecule has 0 aliphatic carbocycles. The van der Waals surface area contributed by atoms with E-state index in [1.807, 2.05) is 19.0 Å². The van der Waals surface area contributed by atoms with E-state index in [9.17, 15) is 0 Å². The molecule has 0 amide bonds. The Balaban J connectivity index is 2.97. The van der Waals surface area contributed by atoms with E-state index in [0.29, 0.717) is 17.8 Å². The van der Waals surface area contributed by atoms with Gasteiger partial charge in [-0.15, -0.1) is 0 Å². The first-order valence-corrected chi connectivity index (χ1v) is 6.95. The van der Waals surface area contributed by atoms with Crippen LogP contribution in [0.4, 0.5) is 17.8 Å². The topological polar surface area (TPSA) is 71.2 Å². The van der Waals surface area contributed by atoms with E-state index in [2.05, 4.69) is 40.6 Å². The minimum absolute atomic E-state index is 0.275. The van der Waals surface area contributed by atoms with Crippen molar-refractivity contribution in [2.24, 2.45) is 5.92 Å². The summed E-state index contributed by atoms with van der Waals surface area (Å²) in [5.74, 6) is 2.20. The van der Waals surface area contributed by atoms with Crippen molar-refractivity contribution in [2.45, 2.75) is 33.6 Å². The molecule has 0 atom stereocenters. The zero-order chi connectivity index (χ0) is 14.4. The van der Waals surface area contributed by atoms with Crippen LogP contribution in [0.3, 0.4) is 0 Å². The van der Waals surface area contributed by atoms with E-state index in [0.717, 1.165) is 25.9 Å². The van der Waals surface area contributed by atoms with E-state index in [-0.39, 0.29) is 5.95 Å². The maximum atomic E-state index is 5.77. The molecule has 0 unspecified atom stereocenters. The van der Waals surface area contributed by atoms with Crippen LogP contribution in [-0.2, 0) is 0 Å². The lowest BCUT2D eigenvalue weighted by atomic mass is 10.0. The molecule has 19 heavy (non-hydrogen) atoms. The zero-order valence-electron chi connectivity index (χ0n) is 12.7. The van der Waals surface area contributed by atoms with Gasteiger partial charge in [0.2, 0.25) is 17.8 Å². The molecule has 0 saturated carbocycles. The van der Waals surface area contributed by atoms with Gasteiger partial charge in [0.25, 0.3) is 0 Å². The molecule has 1 aromatic rings. The summed E-state index contributed by atoms with van der Waals surface area (Å²) in [7, 11) is 3.80. The van der Waals surface area contributed by atoms with Crippen molar-refractivity contribution < 1.29 is 0 Å². The Bertz CT molecular complexity index is 389. The standard InChI is InChI=1S/C13H26N6/c1-6-10(7-2)9-19(8-3)13-16-11(14)15-12(17-13)18(4)5/h10H,6-9H2,1-5H3,(H2,14,15,16,17). The Kier molecular flexibility index (Phi) is 5.79. The van der Waals surface area contributed by atoms with E-state index >= 15 is 0 Å². The van der Waals surface area contributed by atoms with Gasteiger partial charge in [-0.05, 0) is 12.8 Å². The van der Waals surface area contributed by atoms with Crippen LogP contribution in [0.2, 0.25) is 0 Å². The lowest BCUT2D eigenvalue weighted by molar-refractivity contribution is 0.482. The second kappa shape index (κ2) is 7.11. The first-order chi connectivity index (χ1) is 9.01. The number of nitrogen functional groups attached to an aromatic ring is 1. The third-order valence-corrected chi connectivity index (χ3v) is 3.33. The Hall–Kier alpha value is -1.59. The maximum Gasteiger partial charge on any atom is 0.231 e. The van der Waals surface area contributed by atoms with Crippen molar-refractivity contribution in [2.75, 3.05) is 42.7 Å². The third kappa shape index (κ3) is 4.22. The van der Waals surface area contributed by atoms with Gasteiger partial charge in [-0.3, -0.25) is 0 Å². The van der Waals surface area contributed by atoms with Crippen molar-refractivity contribution in [1.82, 2.24) is 15.0 Å². The number of nitrogens with zero attached hydrogens (tertiary/aromatic N) is 5. The molecule has 1 rings (SSSR count). The van der Waals surface area contributed by atoms with Gasteiger partial charge >= 0.3 is 0 Å². The molecule has 2 N–H and O–H groups in total. The molecule has 0 bridgehead atoms. The molecule has 1 heterocycles. The van der Waals surface area contributed by atoms with Crippen LogP contribution in [0.15, 0.2) is 0 Å². The Morgan fingerprint density at radius 3 is 2.05 bits per heavy atom. The number of hydrogen-bond acceptors (Lipinski definition) is 6. The summed E-state index contributed by atoms with van der Waals surface area (Å²) in [6.07, 6.45) is 2.32. The van der Waals surface area contributed by atoms with Gasteiger partial charge < -0.3 is 15.5 Å². The first kappa shape index (κ1) is 15.5. The summed E-state index contributed by atoms with van der Waals surface area (Å²) in [6, 6.07) is 0. The van der Waals surface area contributed by atoms with Crippen molar-refractivity contribution in [1.29, 1.82) is 0 Å². The van der Waals surface area contributed by atoms with Crippen molar-refractivity contribution in [3.05, 3.63) is 0 Å². The Labute approximate surface area is 116 Å². The van der Waals surface area contributed by atoms with E-state index in [1.54, 1.807) is 0 Å². The highest BCUT2D eigenvalue weighted by Crippen LogP contribution is 2.17. The third-order valence-electron chi connectivity index (χ3n) is 3.33. The van der Waals surface area contributed by atoms with E-state index < -0.39 is 0 Å². The summed E-state index contributed by atoms with van der Waals surface area (Å²) in [6.45, 7) is 8.37. The molecule has 0 saturated heterocycles. The monoisotopic (exact) mass is 266 g/mol. The molecule has 1 aromatic heterocycles. The van der Waals surface area contributed by atoms with Crippen LogP contribution >= 0.6 is 0 Å². The molecule has 6 nitrogen and oxygen atoms in total. The van der Waals surface area contributed by atoms with Gasteiger partial charge in [0, 0.05) is 27.2 Å². The largest absolute Gasteiger partial charge is 0.368 e. The van der Waals surface area contributed by atoms with Crippen LogP contribution in [0.5, 0.6) is 0 Å². The van der Waals surface area contributed by atoms with Crippen molar-refractivity contribution >= 4 is 17.8 Å². The minimum Gasteiger partial charge on any atom is -0.368 e. The molecular formula is C13H26N6. The van der Waals surface area contributed by atoms with Crippen molar-refractivity contribution in [3.8, 4) is 0 Å². The predicted molar refractivity (Wildman–Crippen MR) is 80.5 cm³/mol. The van der Waals surface area contributed by atoms with E-state index in [4.69, 9.17) is 5.73 Å². The average Bonchev–Trinajstić information content (AvgIpc) is 2.39. The predicted octanol–water partition coefficient (Wildman–Crippen LogP) is 1.78. The fourth-order valence-electron chi connectivity index (χ4n) is 1.92. The second-order valence-electron chi connectivity index (χ2n) is 4.91. The maximum absolute atomic E-state index is 5.77. The lowest BCUT2D eigenvalue weighted by Gasteiger charge is -2.26. The minimum atomic E-state index is 0.275. The Morgan fingerprint density at radius 2 is 1.58 bits per heavy atom. The van der Waals surface area contributed by atoms with Gasteiger partial charge in [0.15, 0.2) is 0 Å². The number of nitrogens with two attached hydrogens (primary N) is 1. The van der Waals surface area contributed by atoms with Crippen molar-refractivity contribution in [3.63, 3.8) is 0 Å². The summed E-state index contributed by atoms with van der Waals surface area (Å²) >= 11 is 0. The van der Waals surface area contributed by atoms with Crippen LogP contribution in [0.25, 0.3) is 0 Å². The molecule has 0 spiro atoms. The van der Waals surface area contributed by atoms with Crippen LogP contribution in [-0.4, -0.2) is 42.1 Å². The van der Waals surface area contributed by atoms with Crippen LogP contribution in [0.1, 0.15) is 33.6 Å². The fraction of sp³-hybridized carbons (Fsp3) is 0.769. The van der Waals surface area contributed by atoms with Gasteiger partial charge in [-0.2, -0.15) is 15.0 Å². The normalized spacial score (nSPS) is 10.8. The zero-order valence-corrected chi connectivity index (χ0v) is 12.7. The highest BCUT2D eigenvalue weighted by molar-refractivity contribution is 5.42. The summed E-state index contributed by atoms with van der Waals surface area (Å²) in [5.41, 5.74) is 5.77. The highest BCUT2D eigenvalue weighted by Gasteiger charge is 2.15. The molecule has 0 aliphatic rings. The number of hydrogen-bond donors (Lipinski definition) is 1. The second-order valence-corrected chi connectivity index (χ2v) is 4.91. The molecule has 0 aromatic carbocycles. The molecule has 0 radical (unpaired) electrons. The van der Waals surface area contributed by atoms with Gasteiger partial charge in [0.05, 0.1) is 0 Å². The highest BCUT2D eigenvalue weighted by atomic mass is 15.3. The van der Waals surface area contributed by atoms with Crippen LogP contribution in [0, 0.1) is 5.92 Å². The molecule has 0 aliphatic heterocycles. The smallest absolute Gasteiger partial charge is 0.231 e. The average molecular weight is 266 g/mol. The number of anilines is 3.